The maximum absolute atomic E-state index is 11.3. The summed E-state index contributed by atoms with van der Waals surface area (Å²) >= 11 is 0. The van der Waals surface area contributed by atoms with Gasteiger partial charge in [-0.1, -0.05) is 6.58 Å². The summed E-state index contributed by atoms with van der Waals surface area (Å²) in [6.07, 6.45) is 0. The van der Waals surface area contributed by atoms with Crippen LogP contribution in [0.25, 0.3) is 0 Å². The predicted molar refractivity (Wildman–Crippen MR) is 65.0 cm³/mol. The zero-order chi connectivity index (χ0) is 12.4. The zero-order valence-electron chi connectivity index (χ0n) is 10.3. The Hall–Kier alpha value is -0.390. The first kappa shape index (κ1) is 13.7. The van der Waals surface area contributed by atoms with Crippen LogP contribution in [0.4, 0.5) is 0 Å². The van der Waals surface area contributed by atoms with E-state index in [1.165, 1.54) is 0 Å². The molecule has 1 aliphatic heterocycles. The summed E-state index contributed by atoms with van der Waals surface area (Å²) < 4.78 is 28.3. The molecule has 1 rings (SSSR count). The highest BCUT2D eigenvalue weighted by molar-refractivity contribution is 7.94. The van der Waals surface area contributed by atoms with Crippen LogP contribution >= 0.6 is 0 Å². The zero-order valence-corrected chi connectivity index (χ0v) is 11.1. The van der Waals surface area contributed by atoms with Crippen LogP contribution < -0.4 is 0 Å². The maximum Gasteiger partial charge on any atom is 0.172 e. The topological polar surface area (TPSA) is 46.6 Å². The van der Waals surface area contributed by atoms with E-state index < -0.39 is 9.84 Å². The van der Waals surface area contributed by atoms with E-state index in [2.05, 4.69) is 18.4 Å². The molecule has 5 heteroatoms. The lowest BCUT2D eigenvalue weighted by molar-refractivity contribution is -0.108. The van der Waals surface area contributed by atoms with Gasteiger partial charge in [-0.15, -0.1) is 0 Å². The Morgan fingerprint density at radius 1 is 1.56 bits per heavy atom. The Kier molecular flexibility index (Phi) is 4.15. The van der Waals surface area contributed by atoms with Crippen LogP contribution in [0.1, 0.15) is 20.8 Å². The number of hydrogen-bond donors (Lipinski definition) is 0. The van der Waals surface area contributed by atoms with E-state index in [1.807, 2.05) is 13.8 Å². The van der Waals surface area contributed by atoms with E-state index in [9.17, 15) is 8.42 Å². The van der Waals surface area contributed by atoms with E-state index in [4.69, 9.17) is 4.74 Å². The van der Waals surface area contributed by atoms with Crippen molar-refractivity contribution in [2.75, 3.05) is 25.4 Å². The SMILES string of the molecule is C=CS(=O)(=O)CCN1CC(C)(C)OC[C@@H]1C. The van der Waals surface area contributed by atoms with Gasteiger partial charge in [-0.2, -0.15) is 0 Å². The first-order valence-electron chi connectivity index (χ1n) is 5.49. The molecule has 0 aliphatic carbocycles. The minimum Gasteiger partial charge on any atom is -0.373 e. The summed E-state index contributed by atoms with van der Waals surface area (Å²) in [5.74, 6) is 0.136. The molecule has 16 heavy (non-hydrogen) atoms. The summed E-state index contributed by atoms with van der Waals surface area (Å²) in [5, 5.41) is 1.03. The molecule has 0 aromatic rings. The molecule has 4 nitrogen and oxygen atoms in total. The predicted octanol–water partition coefficient (Wildman–Crippen LogP) is 1.04. The first-order chi connectivity index (χ1) is 7.26. The summed E-state index contributed by atoms with van der Waals surface area (Å²) in [6, 6.07) is 0.271. The molecule has 1 saturated heterocycles. The molecule has 1 fully saturated rings. The van der Waals surface area contributed by atoms with Gasteiger partial charge in [0.25, 0.3) is 0 Å². The number of hydrogen-bond acceptors (Lipinski definition) is 4. The maximum atomic E-state index is 11.3. The van der Waals surface area contributed by atoms with Crippen molar-refractivity contribution in [3.8, 4) is 0 Å². The highest BCUT2D eigenvalue weighted by atomic mass is 32.2. The minimum atomic E-state index is -3.10. The van der Waals surface area contributed by atoms with Crippen LogP contribution in [-0.4, -0.2) is 50.4 Å². The van der Waals surface area contributed by atoms with Crippen molar-refractivity contribution >= 4 is 9.84 Å². The van der Waals surface area contributed by atoms with Gasteiger partial charge in [0.15, 0.2) is 9.84 Å². The lowest BCUT2D eigenvalue weighted by Gasteiger charge is -2.42. The van der Waals surface area contributed by atoms with Crippen molar-refractivity contribution in [1.82, 2.24) is 4.90 Å². The largest absolute Gasteiger partial charge is 0.373 e. The Balaban J connectivity index is 2.56. The Morgan fingerprint density at radius 3 is 2.75 bits per heavy atom. The van der Waals surface area contributed by atoms with Gasteiger partial charge < -0.3 is 4.74 Å². The molecule has 94 valence electrons. The van der Waals surface area contributed by atoms with Gasteiger partial charge in [-0.25, -0.2) is 8.42 Å². The van der Waals surface area contributed by atoms with Crippen LogP contribution in [0.2, 0.25) is 0 Å². The molecule has 1 atom stereocenters. The summed E-state index contributed by atoms with van der Waals surface area (Å²) in [6.45, 7) is 11.4. The molecular weight excluding hydrogens is 226 g/mol. The van der Waals surface area contributed by atoms with Crippen molar-refractivity contribution in [2.45, 2.75) is 32.4 Å². The molecular formula is C11H21NO3S. The number of nitrogens with zero attached hydrogens (tertiary/aromatic N) is 1. The third-order valence-corrected chi connectivity index (χ3v) is 4.10. The first-order valence-corrected chi connectivity index (χ1v) is 7.20. The number of ether oxygens (including phenoxy) is 1. The molecule has 0 saturated carbocycles. The minimum absolute atomic E-state index is 0.136. The molecule has 0 spiro atoms. The number of morpholine rings is 1. The van der Waals surface area contributed by atoms with Gasteiger partial charge in [0.1, 0.15) is 0 Å². The fourth-order valence-electron chi connectivity index (χ4n) is 1.77. The van der Waals surface area contributed by atoms with E-state index in [0.717, 1.165) is 12.0 Å². The smallest absolute Gasteiger partial charge is 0.172 e. The number of sulfone groups is 1. The molecule has 1 aliphatic rings. The third-order valence-electron chi connectivity index (χ3n) is 2.84. The molecule has 0 unspecified atom stereocenters. The van der Waals surface area contributed by atoms with Crippen molar-refractivity contribution in [3.05, 3.63) is 12.0 Å². The van der Waals surface area contributed by atoms with Gasteiger partial charge in [0, 0.05) is 24.5 Å². The van der Waals surface area contributed by atoms with Crippen LogP contribution in [0, 0.1) is 0 Å². The molecule has 0 N–H and O–H groups in total. The standard InChI is InChI=1S/C11H21NO3S/c1-5-16(13,14)7-6-12-9-11(3,4)15-8-10(12)2/h5,10H,1,6-9H2,2-4H3/t10-/m0/s1. The fourth-order valence-corrected chi connectivity index (χ4v) is 2.43. The van der Waals surface area contributed by atoms with Gasteiger partial charge in [0.2, 0.25) is 0 Å². The summed E-state index contributed by atoms with van der Waals surface area (Å²) in [7, 11) is -3.10. The highest BCUT2D eigenvalue weighted by Crippen LogP contribution is 2.20. The van der Waals surface area contributed by atoms with Crippen molar-refractivity contribution in [3.63, 3.8) is 0 Å². The highest BCUT2D eigenvalue weighted by Gasteiger charge is 2.31. The average Bonchev–Trinajstić information content (AvgIpc) is 2.20. The van der Waals surface area contributed by atoms with Crippen molar-refractivity contribution in [1.29, 1.82) is 0 Å². The quantitative estimate of drug-likeness (QED) is 0.745. The fraction of sp³-hybridized carbons (Fsp3) is 0.818. The molecule has 1 heterocycles. The Morgan fingerprint density at radius 2 is 2.19 bits per heavy atom. The van der Waals surface area contributed by atoms with Crippen LogP contribution in [0.3, 0.4) is 0 Å². The normalized spacial score (nSPS) is 26.6. The molecule has 0 amide bonds. The van der Waals surface area contributed by atoms with E-state index in [-0.39, 0.29) is 17.4 Å². The molecule has 0 radical (unpaired) electrons. The summed E-state index contributed by atoms with van der Waals surface area (Å²) in [5.41, 5.74) is -0.190. The lowest BCUT2D eigenvalue weighted by atomic mass is 10.1. The van der Waals surface area contributed by atoms with E-state index in [0.29, 0.717) is 13.2 Å². The monoisotopic (exact) mass is 247 g/mol. The van der Waals surface area contributed by atoms with Gasteiger partial charge >= 0.3 is 0 Å². The van der Waals surface area contributed by atoms with Crippen LogP contribution in [0.5, 0.6) is 0 Å². The second kappa shape index (κ2) is 4.85. The average molecular weight is 247 g/mol. The van der Waals surface area contributed by atoms with Gasteiger partial charge in [0.05, 0.1) is 18.0 Å². The Labute approximate surface area is 98.2 Å². The van der Waals surface area contributed by atoms with Gasteiger partial charge in [-0.3, -0.25) is 4.90 Å². The molecule has 0 aromatic heterocycles. The summed E-state index contributed by atoms with van der Waals surface area (Å²) in [4.78, 5) is 2.16. The second-order valence-electron chi connectivity index (χ2n) is 4.92. The number of rotatable bonds is 4. The molecule has 0 aromatic carbocycles. The second-order valence-corrected chi connectivity index (χ2v) is 6.99. The van der Waals surface area contributed by atoms with Crippen molar-refractivity contribution < 1.29 is 13.2 Å². The van der Waals surface area contributed by atoms with Crippen LogP contribution in [0.15, 0.2) is 12.0 Å². The van der Waals surface area contributed by atoms with Crippen molar-refractivity contribution in [2.24, 2.45) is 0 Å². The van der Waals surface area contributed by atoms with Gasteiger partial charge in [-0.05, 0) is 20.8 Å². The third kappa shape index (κ3) is 3.88. The van der Waals surface area contributed by atoms with E-state index >= 15 is 0 Å². The lowest BCUT2D eigenvalue weighted by Crippen LogP contribution is -2.53. The Bertz CT molecular complexity index is 348. The van der Waals surface area contributed by atoms with Crippen LogP contribution in [-0.2, 0) is 14.6 Å². The van der Waals surface area contributed by atoms with E-state index in [1.54, 1.807) is 0 Å². The molecule has 0 bridgehead atoms.